The number of nitrogen functional groups attached to an aromatic ring is 1. The van der Waals surface area contributed by atoms with Crippen molar-refractivity contribution >= 4 is 17.5 Å². The molecule has 0 aliphatic carbocycles. The molecule has 1 aromatic heterocycles. The zero-order valence-corrected chi connectivity index (χ0v) is 9.06. The highest BCUT2D eigenvalue weighted by atomic mass is 16.2. The molecule has 15 heavy (non-hydrogen) atoms. The molecule has 0 aliphatic rings. The maximum Gasteiger partial charge on any atom is 0.244 e. The van der Waals surface area contributed by atoms with Crippen molar-refractivity contribution < 1.29 is 4.79 Å². The highest BCUT2D eigenvalue weighted by Gasteiger charge is 2.14. The number of nitrogens with two attached hydrogens (primary N) is 1. The number of carbonyl (C=O) groups excluding carboxylic acids is 1. The zero-order chi connectivity index (χ0) is 11.4. The van der Waals surface area contributed by atoms with Crippen molar-refractivity contribution in [1.82, 2.24) is 14.9 Å². The molecule has 82 valence electrons. The lowest BCUT2D eigenvalue weighted by molar-refractivity contribution is -0.129. The van der Waals surface area contributed by atoms with Crippen molar-refractivity contribution in [3.63, 3.8) is 0 Å². The SMILES string of the molecule is CC(Nc1cncc(N)n1)C(=O)N(C)C. The quantitative estimate of drug-likeness (QED) is 0.729. The van der Waals surface area contributed by atoms with Gasteiger partial charge in [-0.15, -0.1) is 0 Å². The van der Waals surface area contributed by atoms with Gasteiger partial charge in [0.05, 0.1) is 12.4 Å². The molecule has 1 atom stereocenters. The fraction of sp³-hybridized carbons (Fsp3) is 0.444. The molecule has 3 N–H and O–H groups in total. The minimum atomic E-state index is -0.351. The number of amides is 1. The molecular weight excluding hydrogens is 194 g/mol. The Morgan fingerprint density at radius 1 is 1.53 bits per heavy atom. The number of hydrogen-bond donors (Lipinski definition) is 2. The first-order valence-electron chi connectivity index (χ1n) is 4.56. The van der Waals surface area contributed by atoms with E-state index < -0.39 is 0 Å². The van der Waals surface area contributed by atoms with Gasteiger partial charge >= 0.3 is 0 Å². The van der Waals surface area contributed by atoms with Crippen molar-refractivity contribution in [2.75, 3.05) is 25.1 Å². The summed E-state index contributed by atoms with van der Waals surface area (Å²) in [5, 5.41) is 2.92. The Labute approximate surface area is 88.5 Å². The van der Waals surface area contributed by atoms with Crippen LogP contribution in [-0.2, 0) is 4.79 Å². The summed E-state index contributed by atoms with van der Waals surface area (Å²) >= 11 is 0. The Kier molecular flexibility index (Phi) is 3.43. The van der Waals surface area contributed by atoms with Gasteiger partial charge in [0, 0.05) is 14.1 Å². The molecule has 1 rings (SSSR count). The van der Waals surface area contributed by atoms with E-state index in [1.54, 1.807) is 21.0 Å². The summed E-state index contributed by atoms with van der Waals surface area (Å²) in [7, 11) is 3.40. The van der Waals surface area contributed by atoms with Crippen LogP contribution in [0.4, 0.5) is 11.6 Å². The number of rotatable bonds is 3. The molecule has 0 radical (unpaired) electrons. The molecule has 0 saturated heterocycles. The topological polar surface area (TPSA) is 84.1 Å². The van der Waals surface area contributed by atoms with Gasteiger partial charge in [-0.1, -0.05) is 0 Å². The van der Waals surface area contributed by atoms with Crippen LogP contribution in [0.1, 0.15) is 6.92 Å². The monoisotopic (exact) mass is 209 g/mol. The Bertz CT molecular complexity index is 352. The average Bonchev–Trinajstić information content (AvgIpc) is 2.16. The van der Waals surface area contributed by atoms with Gasteiger partial charge in [0.15, 0.2) is 0 Å². The Morgan fingerprint density at radius 3 is 2.73 bits per heavy atom. The highest BCUT2D eigenvalue weighted by molar-refractivity contribution is 5.83. The molecule has 0 aromatic carbocycles. The summed E-state index contributed by atoms with van der Waals surface area (Å²) in [4.78, 5) is 20.9. The van der Waals surface area contributed by atoms with E-state index in [1.807, 2.05) is 0 Å². The molecule has 0 aliphatic heterocycles. The first kappa shape index (κ1) is 11.2. The molecule has 0 fully saturated rings. The molecule has 6 nitrogen and oxygen atoms in total. The minimum absolute atomic E-state index is 0.0285. The van der Waals surface area contributed by atoms with E-state index in [1.165, 1.54) is 17.3 Å². The van der Waals surface area contributed by atoms with E-state index in [-0.39, 0.29) is 11.9 Å². The van der Waals surface area contributed by atoms with Crippen LogP contribution in [0.3, 0.4) is 0 Å². The third-order valence-corrected chi connectivity index (χ3v) is 1.83. The van der Waals surface area contributed by atoms with Crippen LogP contribution >= 0.6 is 0 Å². The first-order valence-corrected chi connectivity index (χ1v) is 4.56. The van der Waals surface area contributed by atoms with Gasteiger partial charge in [0.25, 0.3) is 0 Å². The lowest BCUT2D eigenvalue weighted by Crippen LogP contribution is -2.36. The van der Waals surface area contributed by atoms with Gasteiger partial charge in [-0.05, 0) is 6.92 Å². The largest absolute Gasteiger partial charge is 0.382 e. The predicted molar refractivity (Wildman–Crippen MR) is 58.2 cm³/mol. The maximum absolute atomic E-state index is 11.5. The molecule has 1 amide bonds. The first-order chi connectivity index (χ1) is 7.00. The molecule has 0 bridgehead atoms. The van der Waals surface area contributed by atoms with E-state index in [0.29, 0.717) is 11.6 Å². The van der Waals surface area contributed by atoms with E-state index in [0.717, 1.165) is 0 Å². The summed E-state index contributed by atoms with van der Waals surface area (Å²) in [6.07, 6.45) is 2.97. The lowest BCUT2D eigenvalue weighted by atomic mass is 10.3. The molecule has 1 unspecified atom stereocenters. The van der Waals surface area contributed by atoms with Crippen molar-refractivity contribution in [2.45, 2.75) is 13.0 Å². The van der Waals surface area contributed by atoms with Crippen LogP contribution in [0.5, 0.6) is 0 Å². The number of hydrogen-bond acceptors (Lipinski definition) is 5. The van der Waals surface area contributed by atoms with Gasteiger partial charge < -0.3 is 16.0 Å². The minimum Gasteiger partial charge on any atom is -0.382 e. The Hall–Kier alpha value is -1.85. The fourth-order valence-corrected chi connectivity index (χ4v) is 1.12. The maximum atomic E-state index is 11.5. The second-order valence-electron chi connectivity index (χ2n) is 3.43. The number of likely N-dealkylation sites (N-methyl/N-ethyl adjacent to an activating group) is 1. The Balaban J connectivity index is 2.66. The number of carbonyl (C=O) groups is 1. The van der Waals surface area contributed by atoms with Gasteiger partial charge in [0.2, 0.25) is 5.91 Å². The smallest absolute Gasteiger partial charge is 0.244 e. The van der Waals surface area contributed by atoms with Crippen molar-refractivity contribution in [2.24, 2.45) is 0 Å². The number of anilines is 2. The fourth-order valence-electron chi connectivity index (χ4n) is 1.12. The summed E-state index contributed by atoms with van der Waals surface area (Å²) in [6.45, 7) is 1.76. The Morgan fingerprint density at radius 2 is 2.20 bits per heavy atom. The molecule has 0 saturated carbocycles. The van der Waals surface area contributed by atoms with Gasteiger partial charge in [-0.3, -0.25) is 9.78 Å². The summed E-state index contributed by atoms with van der Waals surface area (Å²) in [5.74, 6) is 0.793. The number of nitrogens with zero attached hydrogens (tertiary/aromatic N) is 3. The summed E-state index contributed by atoms with van der Waals surface area (Å²) in [5.41, 5.74) is 5.46. The van der Waals surface area contributed by atoms with Crippen molar-refractivity contribution in [1.29, 1.82) is 0 Å². The third kappa shape index (κ3) is 3.08. The molecular formula is C9H15N5O. The van der Waals surface area contributed by atoms with E-state index in [9.17, 15) is 4.79 Å². The normalized spacial score (nSPS) is 11.9. The number of nitrogens with one attached hydrogen (secondary N) is 1. The van der Waals surface area contributed by atoms with Gasteiger partial charge in [-0.25, -0.2) is 4.98 Å². The van der Waals surface area contributed by atoms with Crippen LogP contribution in [0, 0.1) is 0 Å². The van der Waals surface area contributed by atoms with E-state index in [2.05, 4.69) is 15.3 Å². The average molecular weight is 209 g/mol. The molecule has 1 heterocycles. The third-order valence-electron chi connectivity index (χ3n) is 1.83. The van der Waals surface area contributed by atoms with Gasteiger partial charge in [0.1, 0.15) is 17.7 Å². The van der Waals surface area contributed by atoms with Crippen molar-refractivity contribution in [3.8, 4) is 0 Å². The predicted octanol–water partition coefficient (Wildman–Crippen LogP) is -0.0526. The lowest BCUT2D eigenvalue weighted by Gasteiger charge is -2.18. The molecule has 1 aromatic rings. The van der Waals surface area contributed by atoms with Crippen LogP contribution in [0.15, 0.2) is 12.4 Å². The highest BCUT2D eigenvalue weighted by Crippen LogP contribution is 2.05. The zero-order valence-electron chi connectivity index (χ0n) is 9.06. The number of aromatic nitrogens is 2. The van der Waals surface area contributed by atoms with Crippen LogP contribution in [-0.4, -0.2) is 40.9 Å². The van der Waals surface area contributed by atoms with E-state index >= 15 is 0 Å². The van der Waals surface area contributed by atoms with Crippen LogP contribution in [0.2, 0.25) is 0 Å². The summed E-state index contributed by atoms with van der Waals surface area (Å²) in [6, 6.07) is -0.351. The molecule has 6 heteroatoms. The van der Waals surface area contributed by atoms with Crippen molar-refractivity contribution in [3.05, 3.63) is 12.4 Å². The second kappa shape index (κ2) is 4.59. The summed E-state index contributed by atoms with van der Waals surface area (Å²) < 4.78 is 0. The second-order valence-corrected chi connectivity index (χ2v) is 3.43. The van der Waals surface area contributed by atoms with E-state index in [4.69, 9.17) is 5.73 Å². The van der Waals surface area contributed by atoms with Crippen LogP contribution < -0.4 is 11.1 Å². The standard InChI is InChI=1S/C9H15N5O/c1-6(9(15)14(2)3)12-8-5-11-4-7(10)13-8/h4-6H,1-3H3,(H3,10,12,13). The van der Waals surface area contributed by atoms with Crippen LogP contribution in [0.25, 0.3) is 0 Å². The molecule has 0 spiro atoms. The van der Waals surface area contributed by atoms with Gasteiger partial charge in [-0.2, -0.15) is 0 Å².